The van der Waals surface area contributed by atoms with Gasteiger partial charge < -0.3 is 4.74 Å². The standard InChI is InChI=1S/C16H18N2O3S2/c1-2-10-21-14(19)4-3-9-18-15(20)13(23-16(18)22)11-12-5-7-17-8-6-12/h5-8,11H,2-4,9-10H2,1H3/b13-11+. The second-order valence-electron chi connectivity index (χ2n) is 4.94. The second-order valence-corrected chi connectivity index (χ2v) is 6.61. The highest BCUT2D eigenvalue weighted by Gasteiger charge is 2.31. The Hall–Kier alpha value is -1.73. The molecule has 0 spiro atoms. The van der Waals surface area contributed by atoms with Gasteiger partial charge in [-0.25, -0.2) is 0 Å². The van der Waals surface area contributed by atoms with E-state index in [-0.39, 0.29) is 11.9 Å². The molecule has 0 saturated carbocycles. The minimum atomic E-state index is -0.232. The first-order valence-electron chi connectivity index (χ1n) is 7.43. The van der Waals surface area contributed by atoms with Crippen LogP contribution in [0.1, 0.15) is 31.7 Å². The number of ether oxygens (including phenoxy) is 1. The smallest absolute Gasteiger partial charge is 0.305 e. The van der Waals surface area contributed by atoms with Crippen molar-refractivity contribution >= 4 is 46.3 Å². The lowest BCUT2D eigenvalue weighted by molar-refractivity contribution is -0.144. The van der Waals surface area contributed by atoms with Crippen molar-refractivity contribution in [2.45, 2.75) is 26.2 Å². The van der Waals surface area contributed by atoms with Crippen molar-refractivity contribution in [3.63, 3.8) is 0 Å². The summed E-state index contributed by atoms with van der Waals surface area (Å²) >= 11 is 6.54. The summed E-state index contributed by atoms with van der Waals surface area (Å²) in [5.74, 6) is -0.344. The molecule has 5 nitrogen and oxygen atoms in total. The summed E-state index contributed by atoms with van der Waals surface area (Å²) < 4.78 is 5.54. The van der Waals surface area contributed by atoms with Crippen LogP contribution in [-0.2, 0) is 14.3 Å². The van der Waals surface area contributed by atoms with Gasteiger partial charge in [0.05, 0.1) is 11.5 Å². The van der Waals surface area contributed by atoms with Crippen molar-refractivity contribution in [1.29, 1.82) is 0 Å². The molecule has 0 atom stereocenters. The first-order chi connectivity index (χ1) is 11.1. The fraction of sp³-hybridized carbons (Fsp3) is 0.375. The number of carbonyl (C=O) groups excluding carboxylic acids is 2. The van der Waals surface area contributed by atoms with E-state index in [9.17, 15) is 9.59 Å². The van der Waals surface area contributed by atoms with Gasteiger partial charge in [0.1, 0.15) is 4.32 Å². The highest BCUT2D eigenvalue weighted by Crippen LogP contribution is 2.32. The predicted octanol–water partition coefficient (Wildman–Crippen LogP) is 3.02. The van der Waals surface area contributed by atoms with E-state index in [0.717, 1.165) is 12.0 Å². The second kappa shape index (κ2) is 8.79. The van der Waals surface area contributed by atoms with E-state index >= 15 is 0 Å². The van der Waals surface area contributed by atoms with Gasteiger partial charge in [0, 0.05) is 25.4 Å². The van der Waals surface area contributed by atoms with Gasteiger partial charge in [-0.05, 0) is 36.6 Å². The van der Waals surface area contributed by atoms with E-state index in [0.29, 0.717) is 35.2 Å². The highest BCUT2D eigenvalue weighted by atomic mass is 32.2. The lowest BCUT2D eigenvalue weighted by Gasteiger charge is -2.13. The van der Waals surface area contributed by atoms with Crippen molar-refractivity contribution in [2.24, 2.45) is 0 Å². The van der Waals surface area contributed by atoms with Crippen LogP contribution in [0, 0.1) is 0 Å². The zero-order chi connectivity index (χ0) is 16.7. The fourth-order valence-electron chi connectivity index (χ4n) is 1.97. The van der Waals surface area contributed by atoms with E-state index in [1.165, 1.54) is 11.8 Å². The molecule has 0 radical (unpaired) electrons. The zero-order valence-electron chi connectivity index (χ0n) is 12.9. The lowest BCUT2D eigenvalue weighted by Crippen LogP contribution is -2.29. The number of carbonyl (C=O) groups is 2. The van der Waals surface area contributed by atoms with Crippen molar-refractivity contribution in [3.8, 4) is 0 Å². The van der Waals surface area contributed by atoms with E-state index in [2.05, 4.69) is 4.98 Å². The van der Waals surface area contributed by atoms with Crippen LogP contribution in [-0.4, -0.2) is 39.2 Å². The van der Waals surface area contributed by atoms with Gasteiger partial charge >= 0.3 is 5.97 Å². The molecule has 0 N–H and O–H groups in total. The van der Waals surface area contributed by atoms with Crippen LogP contribution in [0.25, 0.3) is 6.08 Å². The van der Waals surface area contributed by atoms with E-state index in [4.69, 9.17) is 17.0 Å². The Morgan fingerprint density at radius 3 is 2.87 bits per heavy atom. The number of amides is 1. The summed E-state index contributed by atoms with van der Waals surface area (Å²) in [5.41, 5.74) is 0.906. The van der Waals surface area contributed by atoms with Gasteiger partial charge in [0.2, 0.25) is 0 Å². The number of nitrogens with zero attached hydrogens (tertiary/aromatic N) is 2. The predicted molar refractivity (Wildman–Crippen MR) is 94.6 cm³/mol. The monoisotopic (exact) mass is 350 g/mol. The maximum absolute atomic E-state index is 12.4. The Labute approximate surface area is 145 Å². The van der Waals surface area contributed by atoms with Gasteiger partial charge in [0.15, 0.2) is 0 Å². The topological polar surface area (TPSA) is 59.5 Å². The normalized spacial score (nSPS) is 16.2. The van der Waals surface area contributed by atoms with Crippen LogP contribution in [0.15, 0.2) is 29.4 Å². The molecular formula is C16H18N2O3S2. The molecule has 23 heavy (non-hydrogen) atoms. The highest BCUT2D eigenvalue weighted by molar-refractivity contribution is 8.26. The molecule has 1 aliphatic rings. The average Bonchev–Trinajstić information content (AvgIpc) is 2.81. The van der Waals surface area contributed by atoms with Gasteiger partial charge in [0.25, 0.3) is 5.91 Å². The molecule has 1 saturated heterocycles. The molecule has 1 aliphatic heterocycles. The average molecular weight is 350 g/mol. The van der Waals surface area contributed by atoms with Crippen LogP contribution in [0.2, 0.25) is 0 Å². The van der Waals surface area contributed by atoms with Crippen molar-refractivity contribution in [2.75, 3.05) is 13.2 Å². The zero-order valence-corrected chi connectivity index (χ0v) is 14.5. The molecule has 122 valence electrons. The fourth-order valence-corrected chi connectivity index (χ4v) is 3.28. The molecule has 1 aromatic heterocycles. The van der Waals surface area contributed by atoms with E-state index in [1.54, 1.807) is 23.4 Å². The first-order valence-corrected chi connectivity index (χ1v) is 8.65. The van der Waals surface area contributed by atoms with Crippen LogP contribution >= 0.6 is 24.0 Å². The Morgan fingerprint density at radius 2 is 2.17 bits per heavy atom. The number of aromatic nitrogens is 1. The Bertz CT molecular complexity index is 617. The van der Waals surface area contributed by atoms with Crippen molar-refractivity contribution < 1.29 is 14.3 Å². The number of hydrogen-bond donors (Lipinski definition) is 0. The van der Waals surface area contributed by atoms with Crippen LogP contribution in [0.4, 0.5) is 0 Å². The molecule has 0 unspecified atom stereocenters. The SMILES string of the molecule is CCCOC(=O)CCCN1C(=O)/C(=C\c2ccncc2)SC1=S. The molecule has 0 aliphatic carbocycles. The molecule has 2 rings (SSSR count). The molecular weight excluding hydrogens is 332 g/mol. The minimum absolute atomic E-state index is 0.112. The van der Waals surface area contributed by atoms with Gasteiger partial charge in [-0.2, -0.15) is 0 Å². The number of hydrogen-bond acceptors (Lipinski definition) is 6. The summed E-state index contributed by atoms with van der Waals surface area (Å²) in [6.07, 6.45) is 6.79. The Morgan fingerprint density at radius 1 is 1.43 bits per heavy atom. The van der Waals surface area contributed by atoms with Crippen LogP contribution in [0.3, 0.4) is 0 Å². The lowest BCUT2D eigenvalue weighted by atomic mass is 10.2. The third kappa shape index (κ3) is 5.14. The first kappa shape index (κ1) is 17.6. The summed E-state index contributed by atoms with van der Waals surface area (Å²) in [5, 5.41) is 0. The molecule has 1 fully saturated rings. The van der Waals surface area contributed by atoms with Crippen LogP contribution < -0.4 is 0 Å². The maximum Gasteiger partial charge on any atom is 0.305 e. The molecule has 2 heterocycles. The van der Waals surface area contributed by atoms with Gasteiger partial charge in [-0.3, -0.25) is 19.5 Å². The summed E-state index contributed by atoms with van der Waals surface area (Å²) in [7, 11) is 0. The Balaban J connectivity index is 1.89. The molecule has 1 amide bonds. The molecule has 1 aromatic rings. The summed E-state index contributed by atoms with van der Waals surface area (Å²) in [6, 6.07) is 3.66. The molecule has 0 bridgehead atoms. The summed E-state index contributed by atoms with van der Waals surface area (Å²) in [4.78, 5) is 29.9. The van der Waals surface area contributed by atoms with Crippen LogP contribution in [0.5, 0.6) is 0 Å². The third-order valence-corrected chi connectivity index (χ3v) is 4.49. The minimum Gasteiger partial charge on any atom is -0.466 e. The van der Waals surface area contributed by atoms with E-state index in [1.807, 2.05) is 19.1 Å². The molecule has 7 heteroatoms. The quantitative estimate of drug-likeness (QED) is 0.428. The van der Waals surface area contributed by atoms with Gasteiger partial charge in [-0.15, -0.1) is 0 Å². The van der Waals surface area contributed by atoms with Crippen molar-refractivity contribution in [3.05, 3.63) is 35.0 Å². The maximum atomic E-state index is 12.4. The number of esters is 1. The number of thioether (sulfide) groups is 1. The Kier molecular flexibility index (Phi) is 6.73. The van der Waals surface area contributed by atoms with E-state index < -0.39 is 0 Å². The largest absolute Gasteiger partial charge is 0.466 e. The molecule has 0 aromatic carbocycles. The number of rotatable bonds is 7. The van der Waals surface area contributed by atoms with Gasteiger partial charge in [-0.1, -0.05) is 30.9 Å². The van der Waals surface area contributed by atoms with Crippen molar-refractivity contribution in [1.82, 2.24) is 9.88 Å². The number of pyridine rings is 1. The number of thiocarbonyl (C=S) groups is 1. The summed E-state index contributed by atoms with van der Waals surface area (Å²) in [6.45, 7) is 2.82. The third-order valence-electron chi connectivity index (χ3n) is 3.11.